The predicted molar refractivity (Wildman–Crippen MR) is 141 cm³/mol. The van der Waals surface area contributed by atoms with Gasteiger partial charge in [-0.1, -0.05) is 71.8 Å². The van der Waals surface area contributed by atoms with Crippen molar-refractivity contribution in [3.63, 3.8) is 0 Å². The molecule has 3 aromatic carbocycles. The van der Waals surface area contributed by atoms with Gasteiger partial charge in [-0.3, -0.25) is 0 Å². The Morgan fingerprint density at radius 1 is 0.943 bits per heavy atom. The molecule has 0 saturated carbocycles. The number of carbonyl (C=O) groups is 1. The summed E-state index contributed by atoms with van der Waals surface area (Å²) < 4.78 is 1.67. The number of hydrogen-bond acceptors (Lipinski definition) is 3. The van der Waals surface area contributed by atoms with Gasteiger partial charge in [0.25, 0.3) is 0 Å². The molecule has 0 unspecified atom stereocenters. The molecule has 0 aliphatic rings. The molecule has 5 nitrogen and oxygen atoms in total. The summed E-state index contributed by atoms with van der Waals surface area (Å²) in [4.78, 5) is 11.2. The van der Waals surface area contributed by atoms with Crippen LogP contribution in [0.25, 0.3) is 29.1 Å². The maximum Gasteiger partial charge on any atom is 0.335 e. The zero-order valence-corrected chi connectivity index (χ0v) is 21.0. The van der Waals surface area contributed by atoms with Crippen molar-refractivity contribution in [1.82, 2.24) is 9.78 Å². The van der Waals surface area contributed by atoms with Crippen molar-refractivity contribution in [1.29, 1.82) is 0 Å². The number of aliphatic hydroxyl groups is 1. The van der Waals surface area contributed by atoms with Crippen molar-refractivity contribution in [3.05, 3.63) is 105 Å². The Hall–Kier alpha value is -3.38. The van der Waals surface area contributed by atoms with Crippen LogP contribution in [-0.4, -0.2) is 26.0 Å². The minimum atomic E-state index is -1.16. The fourth-order valence-corrected chi connectivity index (χ4v) is 4.34. The van der Waals surface area contributed by atoms with Gasteiger partial charge in [0.05, 0.1) is 27.0 Å². The van der Waals surface area contributed by atoms with E-state index in [0.29, 0.717) is 21.4 Å². The van der Waals surface area contributed by atoms with Crippen LogP contribution in [0, 0.1) is 6.92 Å². The van der Waals surface area contributed by atoms with Crippen molar-refractivity contribution in [2.45, 2.75) is 26.4 Å². The predicted octanol–water partition coefficient (Wildman–Crippen LogP) is 7.25. The summed E-state index contributed by atoms with van der Waals surface area (Å²) in [5.41, 5.74) is 4.52. The monoisotopic (exact) mass is 506 g/mol. The van der Waals surface area contributed by atoms with Crippen LogP contribution >= 0.6 is 23.2 Å². The third-order valence-corrected chi connectivity index (χ3v) is 6.22. The topological polar surface area (TPSA) is 75.3 Å². The van der Waals surface area contributed by atoms with Crippen molar-refractivity contribution < 1.29 is 15.0 Å². The van der Waals surface area contributed by atoms with E-state index in [2.05, 4.69) is 5.10 Å². The van der Waals surface area contributed by atoms with Crippen LogP contribution in [0.3, 0.4) is 0 Å². The minimum absolute atomic E-state index is 0.243. The largest absolute Gasteiger partial charge is 0.478 e. The first-order valence-corrected chi connectivity index (χ1v) is 11.7. The van der Waals surface area contributed by atoms with Crippen molar-refractivity contribution in [2.75, 3.05) is 0 Å². The third-order valence-electron chi connectivity index (χ3n) is 5.61. The van der Waals surface area contributed by atoms with Crippen molar-refractivity contribution in [2.24, 2.45) is 0 Å². The quantitative estimate of drug-likeness (QED) is 0.270. The Morgan fingerprint density at radius 3 is 2.17 bits per heavy atom. The Morgan fingerprint density at radius 2 is 1.57 bits per heavy atom. The van der Waals surface area contributed by atoms with Crippen LogP contribution in [0.2, 0.25) is 10.0 Å². The van der Waals surface area contributed by atoms with Crippen LogP contribution in [0.15, 0.2) is 66.7 Å². The molecule has 0 bridgehead atoms. The van der Waals surface area contributed by atoms with E-state index in [0.717, 1.165) is 27.9 Å². The Kier molecular flexibility index (Phi) is 6.86. The number of nitrogens with zero attached hydrogens (tertiary/aromatic N) is 2. The first kappa shape index (κ1) is 24.7. The lowest BCUT2D eigenvalue weighted by Crippen LogP contribution is -2.16. The average molecular weight is 507 g/mol. The minimum Gasteiger partial charge on any atom is -0.478 e. The molecule has 0 aliphatic carbocycles. The molecule has 0 amide bonds. The normalized spacial score (nSPS) is 11.8. The molecule has 178 valence electrons. The lowest BCUT2D eigenvalue weighted by Gasteiger charge is -2.14. The summed E-state index contributed by atoms with van der Waals surface area (Å²) in [5, 5.41) is 25.4. The summed E-state index contributed by atoms with van der Waals surface area (Å²) in [6.45, 7) is 5.35. The highest BCUT2D eigenvalue weighted by molar-refractivity contribution is 6.37. The highest BCUT2D eigenvalue weighted by Crippen LogP contribution is 2.36. The Bertz CT molecular complexity index is 1430. The molecule has 1 heterocycles. The van der Waals surface area contributed by atoms with Gasteiger partial charge in [0.2, 0.25) is 0 Å². The molecule has 0 fully saturated rings. The van der Waals surface area contributed by atoms with E-state index in [-0.39, 0.29) is 5.56 Å². The molecule has 0 atom stereocenters. The number of aryl methyl sites for hydroxylation is 1. The molecule has 0 radical (unpaired) electrons. The first-order valence-electron chi connectivity index (χ1n) is 10.9. The number of aromatic carboxylic acids is 1. The van der Waals surface area contributed by atoms with Crippen molar-refractivity contribution >= 4 is 41.3 Å². The zero-order chi connectivity index (χ0) is 25.3. The molecular formula is C28H24Cl2N2O3. The maximum atomic E-state index is 11.2. The first-order chi connectivity index (χ1) is 16.5. The number of benzene rings is 3. The lowest BCUT2D eigenvalue weighted by atomic mass is 9.99. The molecule has 4 aromatic rings. The van der Waals surface area contributed by atoms with Crippen LogP contribution < -0.4 is 0 Å². The van der Waals surface area contributed by atoms with Gasteiger partial charge in [-0.25, -0.2) is 9.48 Å². The van der Waals surface area contributed by atoms with Gasteiger partial charge < -0.3 is 10.2 Å². The molecular weight excluding hydrogens is 483 g/mol. The number of para-hydroxylation sites is 1. The van der Waals surface area contributed by atoms with E-state index >= 15 is 0 Å². The average Bonchev–Trinajstić information content (AvgIpc) is 3.23. The molecule has 4 rings (SSSR count). The number of carboxylic acid groups (broad SMARTS) is 1. The summed E-state index contributed by atoms with van der Waals surface area (Å²) in [7, 11) is 0. The third kappa shape index (κ3) is 5.33. The summed E-state index contributed by atoms with van der Waals surface area (Å²) in [6, 6.07) is 19.9. The second kappa shape index (κ2) is 9.70. The van der Waals surface area contributed by atoms with Crippen LogP contribution in [0.5, 0.6) is 0 Å². The van der Waals surface area contributed by atoms with Crippen molar-refractivity contribution in [3.8, 4) is 16.9 Å². The molecule has 35 heavy (non-hydrogen) atoms. The van der Waals surface area contributed by atoms with E-state index in [1.165, 1.54) is 0 Å². The Labute approximate surface area is 213 Å². The summed E-state index contributed by atoms with van der Waals surface area (Å²) >= 11 is 13.0. The summed E-state index contributed by atoms with van der Waals surface area (Å²) in [5.74, 6) is -0.957. The molecule has 0 saturated heterocycles. The second-order valence-corrected chi connectivity index (χ2v) is 9.61. The highest BCUT2D eigenvalue weighted by Gasteiger charge is 2.25. The van der Waals surface area contributed by atoms with E-state index in [9.17, 15) is 15.0 Å². The summed E-state index contributed by atoms with van der Waals surface area (Å²) in [6.07, 6.45) is 3.81. The van der Waals surface area contributed by atoms with Gasteiger partial charge in [-0.05, 0) is 67.8 Å². The fourth-order valence-electron chi connectivity index (χ4n) is 3.78. The Balaban J connectivity index is 1.76. The van der Waals surface area contributed by atoms with Crippen LogP contribution in [0.4, 0.5) is 0 Å². The van der Waals surface area contributed by atoms with Gasteiger partial charge in [-0.2, -0.15) is 5.10 Å². The van der Waals surface area contributed by atoms with E-state index < -0.39 is 11.6 Å². The van der Waals surface area contributed by atoms with E-state index in [1.54, 1.807) is 54.9 Å². The lowest BCUT2D eigenvalue weighted by molar-refractivity contribution is 0.0695. The highest BCUT2D eigenvalue weighted by atomic mass is 35.5. The number of rotatable bonds is 6. The second-order valence-electron chi connectivity index (χ2n) is 8.79. The zero-order valence-electron chi connectivity index (χ0n) is 19.5. The standard InChI is InChI=1S/C28H24Cl2N2O3/c1-17-14-19(11-10-18-6-4-7-20(15-18)27(33)34)12-13-21(17)24-16-25(28(2,3)35)31-32(24)26-22(29)8-5-9-23(26)30/h4-16,35H,1-3H3,(H,33,34)/b11-10+. The number of aromatic nitrogens is 2. The molecule has 7 heteroatoms. The van der Waals surface area contributed by atoms with Crippen LogP contribution in [0.1, 0.15) is 46.6 Å². The van der Waals surface area contributed by atoms with Gasteiger partial charge in [0.15, 0.2) is 0 Å². The van der Waals surface area contributed by atoms with Gasteiger partial charge >= 0.3 is 5.97 Å². The number of halogens is 2. The molecule has 1 aromatic heterocycles. The maximum absolute atomic E-state index is 11.2. The molecule has 0 aliphatic heterocycles. The molecule has 0 spiro atoms. The SMILES string of the molecule is Cc1cc(/C=C/c2cccc(C(=O)O)c2)ccc1-c1cc(C(C)(C)O)nn1-c1c(Cl)cccc1Cl. The van der Waals surface area contributed by atoms with Gasteiger partial charge in [0.1, 0.15) is 11.3 Å². The van der Waals surface area contributed by atoms with E-state index in [1.807, 2.05) is 49.4 Å². The van der Waals surface area contributed by atoms with Crippen LogP contribution in [-0.2, 0) is 5.60 Å². The van der Waals surface area contributed by atoms with E-state index in [4.69, 9.17) is 23.2 Å². The van der Waals surface area contributed by atoms with Gasteiger partial charge in [0, 0.05) is 5.56 Å². The fraction of sp³-hybridized carbons (Fsp3) is 0.143. The smallest absolute Gasteiger partial charge is 0.335 e. The number of carboxylic acids is 1. The molecule has 2 N–H and O–H groups in total. The van der Waals surface area contributed by atoms with Gasteiger partial charge in [-0.15, -0.1) is 0 Å². The number of hydrogen-bond donors (Lipinski definition) is 2.